The molecule has 26 heavy (non-hydrogen) atoms. The number of likely N-dealkylation sites (tertiary alicyclic amines) is 1. The number of piperidine rings is 1. The van der Waals surface area contributed by atoms with Crippen LogP contribution in [0.25, 0.3) is 0 Å². The maximum atomic E-state index is 13.0. The molecule has 0 bridgehead atoms. The summed E-state index contributed by atoms with van der Waals surface area (Å²) < 4.78 is 14.8. The van der Waals surface area contributed by atoms with Crippen LogP contribution in [0, 0.1) is 12.7 Å². The van der Waals surface area contributed by atoms with E-state index in [-0.39, 0.29) is 18.3 Å². The fraction of sp³-hybridized carbons (Fsp3) is 0.474. The highest BCUT2D eigenvalue weighted by Gasteiger charge is 2.41. The maximum absolute atomic E-state index is 13.0. The molecular weight excluding hydrogens is 335 g/mol. The number of aliphatic hydroxyl groups is 1. The second-order valence-electron chi connectivity index (χ2n) is 7.01. The van der Waals surface area contributed by atoms with E-state index in [1.54, 1.807) is 21.7 Å². The van der Waals surface area contributed by atoms with Crippen molar-refractivity contribution in [2.45, 2.75) is 38.5 Å². The smallest absolute Gasteiger partial charge is 0.256 e. The summed E-state index contributed by atoms with van der Waals surface area (Å²) in [6, 6.07) is 6.10. The minimum absolute atomic E-state index is 0.195. The number of carbonyl (C=O) groups is 1. The number of benzene rings is 1. The third-order valence-electron chi connectivity index (χ3n) is 4.84. The monoisotopic (exact) mass is 360 g/mol. The number of halogens is 1. The highest BCUT2D eigenvalue weighted by molar-refractivity contribution is 5.86. The predicted octanol–water partition coefficient (Wildman–Crippen LogP) is 1.51. The van der Waals surface area contributed by atoms with Crippen LogP contribution in [0.1, 0.15) is 29.7 Å². The Morgan fingerprint density at radius 2 is 2.08 bits per heavy atom. The van der Waals surface area contributed by atoms with Gasteiger partial charge in [-0.05, 0) is 37.5 Å². The number of hydrogen-bond donors (Lipinski definition) is 2. The van der Waals surface area contributed by atoms with Gasteiger partial charge in [0.1, 0.15) is 5.82 Å². The number of nitrogens with one attached hydrogen (secondary N) is 1. The Labute approximate surface area is 152 Å². The summed E-state index contributed by atoms with van der Waals surface area (Å²) in [5.41, 5.74) is 1.42. The second-order valence-corrected chi connectivity index (χ2v) is 7.01. The van der Waals surface area contributed by atoms with Gasteiger partial charge in [0, 0.05) is 45.0 Å². The van der Waals surface area contributed by atoms with Gasteiger partial charge in [0.05, 0.1) is 5.69 Å². The molecule has 140 valence electrons. The van der Waals surface area contributed by atoms with Crippen LogP contribution in [-0.2, 0) is 24.9 Å². The first-order valence-electron chi connectivity index (χ1n) is 8.83. The third-order valence-corrected chi connectivity index (χ3v) is 4.84. The molecule has 2 aromatic rings. The van der Waals surface area contributed by atoms with Gasteiger partial charge < -0.3 is 15.3 Å². The SMILES string of the molecule is Cc1nn(C)cc1CNCC1(O)CCCN(Cc2ccc(F)cc2)C1=O. The van der Waals surface area contributed by atoms with Crippen molar-refractivity contribution in [3.8, 4) is 0 Å². The van der Waals surface area contributed by atoms with Gasteiger partial charge >= 0.3 is 0 Å². The fourth-order valence-corrected chi connectivity index (χ4v) is 3.42. The van der Waals surface area contributed by atoms with Crippen molar-refractivity contribution >= 4 is 5.91 Å². The Morgan fingerprint density at radius 3 is 2.73 bits per heavy atom. The van der Waals surface area contributed by atoms with Gasteiger partial charge in [-0.25, -0.2) is 4.39 Å². The van der Waals surface area contributed by atoms with Crippen LogP contribution >= 0.6 is 0 Å². The third kappa shape index (κ3) is 4.11. The van der Waals surface area contributed by atoms with E-state index in [1.165, 1.54) is 12.1 Å². The summed E-state index contributed by atoms with van der Waals surface area (Å²) in [7, 11) is 1.86. The van der Waals surface area contributed by atoms with Crippen molar-refractivity contribution in [1.29, 1.82) is 0 Å². The van der Waals surface area contributed by atoms with Crippen LogP contribution in [0.2, 0.25) is 0 Å². The molecule has 1 amide bonds. The van der Waals surface area contributed by atoms with Crippen LogP contribution in [0.4, 0.5) is 4.39 Å². The van der Waals surface area contributed by atoms with Gasteiger partial charge in [0.25, 0.3) is 5.91 Å². The second kappa shape index (κ2) is 7.55. The quantitative estimate of drug-likeness (QED) is 0.819. The fourth-order valence-electron chi connectivity index (χ4n) is 3.42. The molecule has 1 fully saturated rings. The van der Waals surface area contributed by atoms with Crippen LogP contribution in [0.15, 0.2) is 30.5 Å². The van der Waals surface area contributed by atoms with Gasteiger partial charge in [-0.3, -0.25) is 9.48 Å². The Hall–Kier alpha value is -2.25. The molecule has 3 rings (SSSR count). The van der Waals surface area contributed by atoms with Crippen LogP contribution in [-0.4, -0.2) is 44.4 Å². The van der Waals surface area contributed by atoms with Crippen LogP contribution in [0.3, 0.4) is 0 Å². The van der Waals surface area contributed by atoms with Crippen molar-refractivity contribution in [2.75, 3.05) is 13.1 Å². The highest BCUT2D eigenvalue weighted by Crippen LogP contribution is 2.24. The molecule has 0 aliphatic carbocycles. The molecule has 2 heterocycles. The van der Waals surface area contributed by atoms with Gasteiger partial charge in [0.2, 0.25) is 0 Å². The lowest BCUT2D eigenvalue weighted by atomic mass is 9.91. The molecule has 2 N–H and O–H groups in total. The van der Waals surface area contributed by atoms with Gasteiger partial charge in [-0.15, -0.1) is 0 Å². The van der Waals surface area contributed by atoms with E-state index in [9.17, 15) is 14.3 Å². The zero-order valence-electron chi connectivity index (χ0n) is 15.2. The lowest BCUT2D eigenvalue weighted by molar-refractivity contribution is -0.157. The van der Waals surface area contributed by atoms with Crippen molar-refractivity contribution < 1.29 is 14.3 Å². The molecule has 1 atom stereocenters. The number of aromatic nitrogens is 2. The van der Waals surface area contributed by atoms with E-state index in [0.717, 1.165) is 23.2 Å². The summed E-state index contributed by atoms with van der Waals surface area (Å²) in [5, 5.41) is 18.3. The molecule has 7 heteroatoms. The highest BCUT2D eigenvalue weighted by atomic mass is 19.1. The Bertz CT molecular complexity index is 774. The lowest BCUT2D eigenvalue weighted by Crippen LogP contribution is -2.57. The van der Waals surface area contributed by atoms with Crippen molar-refractivity contribution in [3.63, 3.8) is 0 Å². The van der Waals surface area contributed by atoms with Crippen molar-refractivity contribution in [3.05, 3.63) is 53.1 Å². The minimum Gasteiger partial charge on any atom is -0.379 e. The predicted molar refractivity (Wildman–Crippen MR) is 95.7 cm³/mol. The molecule has 1 saturated heterocycles. The standard InChI is InChI=1S/C19H25FN4O2/c1-14-16(12-23(2)22-14)10-21-13-19(26)8-3-9-24(18(19)25)11-15-4-6-17(20)7-5-15/h4-7,12,21,26H,3,8-11,13H2,1-2H3. The first-order valence-corrected chi connectivity index (χ1v) is 8.83. The molecular formula is C19H25FN4O2. The summed E-state index contributed by atoms with van der Waals surface area (Å²) in [4.78, 5) is 14.4. The number of hydrogen-bond acceptors (Lipinski definition) is 4. The van der Waals surface area contributed by atoms with Gasteiger partial charge in [-0.2, -0.15) is 5.10 Å². The normalized spacial score (nSPS) is 20.6. The average molecular weight is 360 g/mol. The van der Waals surface area contributed by atoms with E-state index >= 15 is 0 Å². The minimum atomic E-state index is -1.41. The Morgan fingerprint density at radius 1 is 1.35 bits per heavy atom. The van der Waals surface area contributed by atoms with E-state index in [2.05, 4.69) is 10.4 Å². The van der Waals surface area contributed by atoms with E-state index in [1.807, 2.05) is 20.2 Å². The number of carbonyl (C=O) groups excluding carboxylic acids is 1. The lowest BCUT2D eigenvalue weighted by Gasteiger charge is -2.38. The first-order chi connectivity index (χ1) is 12.4. The Kier molecular flexibility index (Phi) is 5.38. The summed E-state index contributed by atoms with van der Waals surface area (Å²) >= 11 is 0. The zero-order valence-corrected chi connectivity index (χ0v) is 15.2. The topological polar surface area (TPSA) is 70.4 Å². The maximum Gasteiger partial charge on any atom is 0.256 e. The molecule has 1 aromatic heterocycles. The van der Waals surface area contributed by atoms with Gasteiger partial charge in [-0.1, -0.05) is 12.1 Å². The van der Waals surface area contributed by atoms with E-state index in [0.29, 0.717) is 26.1 Å². The van der Waals surface area contributed by atoms with Crippen LogP contribution < -0.4 is 5.32 Å². The molecule has 0 radical (unpaired) electrons. The molecule has 0 spiro atoms. The molecule has 1 aliphatic heterocycles. The molecule has 1 aromatic carbocycles. The van der Waals surface area contributed by atoms with E-state index in [4.69, 9.17) is 0 Å². The average Bonchev–Trinajstić information content (AvgIpc) is 2.92. The van der Waals surface area contributed by atoms with E-state index < -0.39 is 5.60 Å². The van der Waals surface area contributed by atoms with Crippen LogP contribution in [0.5, 0.6) is 0 Å². The largest absolute Gasteiger partial charge is 0.379 e. The van der Waals surface area contributed by atoms with Gasteiger partial charge in [0.15, 0.2) is 5.60 Å². The Balaban J connectivity index is 1.60. The number of nitrogens with zero attached hydrogens (tertiary/aromatic N) is 3. The molecule has 1 aliphatic rings. The van der Waals surface area contributed by atoms with Crippen molar-refractivity contribution in [2.24, 2.45) is 7.05 Å². The molecule has 0 saturated carbocycles. The summed E-state index contributed by atoms with van der Waals surface area (Å²) in [6.07, 6.45) is 3.09. The van der Waals surface area contributed by atoms with Crippen molar-refractivity contribution in [1.82, 2.24) is 20.0 Å². The first kappa shape index (κ1) is 18.5. The number of aryl methyl sites for hydroxylation is 2. The molecule has 6 nitrogen and oxygen atoms in total. The molecule has 1 unspecified atom stereocenters. The summed E-state index contributed by atoms with van der Waals surface area (Å²) in [5.74, 6) is -0.575. The summed E-state index contributed by atoms with van der Waals surface area (Å²) in [6.45, 7) is 3.65. The number of amides is 1. The number of rotatable bonds is 6. The zero-order chi connectivity index (χ0) is 18.7.